The molecule has 0 spiro atoms. The normalized spacial score (nSPS) is 16.6. The Hall–Kier alpha value is -2.50. The summed E-state index contributed by atoms with van der Waals surface area (Å²) in [6.45, 7) is 7.81. The molecule has 1 amide bonds. The molecule has 1 unspecified atom stereocenters. The summed E-state index contributed by atoms with van der Waals surface area (Å²) < 4.78 is 7.95. The Morgan fingerprint density at radius 1 is 1.43 bits per heavy atom. The second-order valence-electron chi connectivity index (χ2n) is 7.65. The summed E-state index contributed by atoms with van der Waals surface area (Å²) in [5.74, 6) is -0.460. The van der Waals surface area contributed by atoms with Gasteiger partial charge in [-0.1, -0.05) is 31.1 Å². The molecule has 2 aromatic heterocycles. The van der Waals surface area contributed by atoms with Crippen LogP contribution in [0.25, 0.3) is 6.08 Å². The molecule has 0 bridgehead atoms. The number of rotatable bonds is 9. The van der Waals surface area contributed by atoms with E-state index in [1.807, 2.05) is 26.0 Å². The number of hydrogen-bond donors (Lipinski definition) is 1. The zero-order valence-corrected chi connectivity index (χ0v) is 18.7. The molecule has 3 heterocycles. The molecular weight excluding hydrogens is 398 g/mol. The quantitative estimate of drug-likeness (QED) is 0.363. The van der Waals surface area contributed by atoms with Gasteiger partial charge in [-0.05, 0) is 50.8 Å². The van der Waals surface area contributed by atoms with Gasteiger partial charge in [-0.2, -0.15) is 5.26 Å². The molecule has 160 valence electrons. The van der Waals surface area contributed by atoms with Crippen LogP contribution < -0.4 is 5.32 Å². The predicted molar refractivity (Wildman–Crippen MR) is 118 cm³/mol. The molecule has 8 heteroatoms. The summed E-state index contributed by atoms with van der Waals surface area (Å²) in [4.78, 5) is 12.6. The lowest BCUT2D eigenvalue weighted by molar-refractivity contribution is -0.112. The maximum Gasteiger partial charge on any atom is 0.268 e. The molecule has 0 saturated carbocycles. The highest BCUT2D eigenvalue weighted by Crippen LogP contribution is 2.23. The van der Waals surface area contributed by atoms with Crippen LogP contribution in [0.2, 0.25) is 0 Å². The molecule has 1 aliphatic heterocycles. The van der Waals surface area contributed by atoms with Crippen LogP contribution in [0.4, 0.5) is 5.13 Å². The molecule has 7 nitrogen and oxygen atoms in total. The molecule has 1 aliphatic rings. The summed E-state index contributed by atoms with van der Waals surface area (Å²) >= 11 is 1.36. The highest BCUT2D eigenvalue weighted by atomic mass is 32.1. The smallest absolute Gasteiger partial charge is 0.268 e. The predicted octanol–water partition coefficient (Wildman–Crippen LogP) is 4.41. The van der Waals surface area contributed by atoms with Crippen LogP contribution in [0.15, 0.2) is 11.6 Å². The first kappa shape index (κ1) is 22.2. The van der Waals surface area contributed by atoms with E-state index in [0.29, 0.717) is 5.13 Å². The van der Waals surface area contributed by atoms with E-state index >= 15 is 0 Å². The molecule has 0 aliphatic carbocycles. The fourth-order valence-electron chi connectivity index (χ4n) is 3.65. The van der Waals surface area contributed by atoms with E-state index < -0.39 is 5.91 Å². The van der Waals surface area contributed by atoms with E-state index in [0.717, 1.165) is 73.6 Å². The second-order valence-corrected chi connectivity index (χ2v) is 8.72. The van der Waals surface area contributed by atoms with Gasteiger partial charge in [0.05, 0.1) is 6.10 Å². The zero-order chi connectivity index (χ0) is 21.5. The van der Waals surface area contributed by atoms with Gasteiger partial charge in [-0.25, -0.2) is 0 Å². The fourth-order valence-corrected chi connectivity index (χ4v) is 4.42. The maximum atomic E-state index is 12.6. The van der Waals surface area contributed by atoms with Crippen molar-refractivity contribution in [3.63, 3.8) is 0 Å². The number of carbonyl (C=O) groups is 1. The van der Waals surface area contributed by atoms with Crippen molar-refractivity contribution in [1.82, 2.24) is 14.8 Å². The van der Waals surface area contributed by atoms with Crippen molar-refractivity contribution in [2.75, 3.05) is 11.9 Å². The van der Waals surface area contributed by atoms with Gasteiger partial charge in [0.2, 0.25) is 5.13 Å². The lowest BCUT2D eigenvalue weighted by Gasteiger charge is -2.14. The van der Waals surface area contributed by atoms with Gasteiger partial charge in [0.25, 0.3) is 5.91 Å². The van der Waals surface area contributed by atoms with Crippen LogP contribution in [0.3, 0.4) is 0 Å². The van der Waals surface area contributed by atoms with Crippen LogP contribution in [-0.4, -0.2) is 33.4 Å². The minimum atomic E-state index is -0.460. The molecule has 1 atom stereocenters. The van der Waals surface area contributed by atoms with Gasteiger partial charge in [0, 0.05) is 31.0 Å². The van der Waals surface area contributed by atoms with Crippen molar-refractivity contribution in [3.8, 4) is 6.07 Å². The van der Waals surface area contributed by atoms with Gasteiger partial charge in [0.15, 0.2) is 0 Å². The number of amides is 1. The van der Waals surface area contributed by atoms with Gasteiger partial charge < -0.3 is 9.30 Å². The van der Waals surface area contributed by atoms with Crippen molar-refractivity contribution in [1.29, 1.82) is 5.26 Å². The van der Waals surface area contributed by atoms with E-state index in [2.05, 4.69) is 27.0 Å². The van der Waals surface area contributed by atoms with Crippen molar-refractivity contribution in [2.45, 2.75) is 71.9 Å². The third kappa shape index (κ3) is 5.55. The second kappa shape index (κ2) is 10.5. The van der Waals surface area contributed by atoms with E-state index in [1.54, 1.807) is 6.08 Å². The number of nitrogens with zero attached hydrogens (tertiary/aromatic N) is 4. The molecule has 2 aromatic rings. The molecule has 0 radical (unpaired) electrons. The topological polar surface area (TPSA) is 92.8 Å². The number of nitrogens with one attached hydrogen (secondary N) is 1. The lowest BCUT2D eigenvalue weighted by Crippen LogP contribution is -2.17. The largest absolute Gasteiger partial charge is 0.376 e. The molecule has 3 rings (SSSR count). The Bertz CT molecular complexity index is 947. The summed E-state index contributed by atoms with van der Waals surface area (Å²) in [5, 5.41) is 21.7. The Morgan fingerprint density at radius 3 is 2.97 bits per heavy atom. The van der Waals surface area contributed by atoms with E-state index in [-0.39, 0.29) is 11.7 Å². The molecular formula is C22H29N5O2S. The fraction of sp³-hybridized carbons (Fsp3) is 0.545. The first-order valence-electron chi connectivity index (χ1n) is 10.6. The van der Waals surface area contributed by atoms with Gasteiger partial charge in [0.1, 0.15) is 16.6 Å². The van der Waals surface area contributed by atoms with Crippen molar-refractivity contribution < 1.29 is 9.53 Å². The summed E-state index contributed by atoms with van der Waals surface area (Å²) in [6, 6.07) is 4.03. The number of hydrogen-bond acceptors (Lipinski definition) is 6. The van der Waals surface area contributed by atoms with Crippen LogP contribution in [0.1, 0.15) is 61.0 Å². The molecule has 1 N–H and O–H groups in total. The van der Waals surface area contributed by atoms with E-state index in [1.165, 1.54) is 11.3 Å². The first-order chi connectivity index (χ1) is 14.5. The highest BCUT2D eigenvalue weighted by molar-refractivity contribution is 7.15. The minimum absolute atomic E-state index is 0.0510. The Morgan fingerprint density at radius 2 is 2.27 bits per heavy atom. The average Bonchev–Trinajstić information content (AvgIpc) is 3.45. The molecule has 30 heavy (non-hydrogen) atoms. The van der Waals surface area contributed by atoms with Crippen LogP contribution in [0.5, 0.6) is 0 Å². The molecule has 1 saturated heterocycles. The third-order valence-electron chi connectivity index (χ3n) is 5.37. The lowest BCUT2D eigenvalue weighted by atomic mass is 10.1. The number of nitriles is 1. The number of anilines is 1. The van der Waals surface area contributed by atoms with Crippen LogP contribution in [-0.2, 0) is 22.5 Å². The number of aromatic nitrogens is 3. The van der Waals surface area contributed by atoms with E-state index in [4.69, 9.17) is 4.74 Å². The number of ether oxygens (including phenoxy) is 1. The van der Waals surface area contributed by atoms with Crippen LogP contribution in [0, 0.1) is 25.2 Å². The summed E-state index contributed by atoms with van der Waals surface area (Å²) in [5.41, 5.74) is 3.04. The Balaban J connectivity index is 1.69. The number of aryl methyl sites for hydroxylation is 2. The zero-order valence-electron chi connectivity index (χ0n) is 17.9. The summed E-state index contributed by atoms with van der Waals surface area (Å²) in [6.07, 6.45) is 8.25. The average molecular weight is 428 g/mol. The Kier molecular flexibility index (Phi) is 7.77. The minimum Gasteiger partial charge on any atom is -0.376 e. The van der Waals surface area contributed by atoms with Crippen molar-refractivity contribution >= 4 is 28.5 Å². The van der Waals surface area contributed by atoms with Gasteiger partial charge in [-0.3, -0.25) is 10.1 Å². The van der Waals surface area contributed by atoms with Crippen molar-refractivity contribution in [2.24, 2.45) is 0 Å². The SMILES string of the molecule is CCCCCc1nnc(NC(=O)C(C#N)=Cc2cc(C)n(CC3CCCO3)c2C)s1. The first-order valence-corrected chi connectivity index (χ1v) is 11.4. The third-order valence-corrected chi connectivity index (χ3v) is 6.27. The standard InChI is InChI=1S/C22H29N5O2S/c1-4-5-6-9-20-25-26-22(30-20)24-21(28)18(13-23)12-17-11-15(2)27(16(17)3)14-19-8-7-10-29-19/h11-12,19H,4-10,14H2,1-3H3,(H,24,26,28). The van der Waals surface area contributed by atoms with Crippen molar-refractivity contribution in [3.05, 3.63) is 33.6 Å². The molecule has 1 fully saturated rings. The van der Waals surface area contributed by atoms with Gasteiger partial charge >= 0.3 is 0 Å². The highest BCUT2D eigenvalue weighted by Gasteiger charge is 2.19. The van der Waals surface area contributed by atoms with Gasteiger partial charge in [-0.15, -0.1) is 10.2 Å². The van der Waals surface area contributed by atoms with Crippen LogP contribution >= 0.6 is 11.3 Å². The summed E-state index contributed by atoms with van der Waals surface area (Å²) in [7, 11) is 0. The number of unbranched alkanes of at least 4 members (excludes halogenated alkanes) is 2. The molecule has 0 aromatic carbocycles. The van der Waals surface area contributed by atoms with E-state index in [9.17, 15) is 10.1 Å². The monoisotopic (exact) mass is 427 g/mol. The maximum absolute atomic E-state index is 12.6. The Labute approximate surface area is 181 Å². The number of carbonyl (C=O) groups excluding carboxylic acids is 1.